The van der Waals surface area contributed by atoms with E-state index in [0.717, 1.165) is 18.8 Å². The van der Waals surface area contributed by atoms with Crippen LogP contribution in [0.2, 0.25) is 0 Å². The number of hydrogen-bond acceptors (Lipinski definition) is 2. The lowest BCUT2D eigenvalue weighted by Crippen LogP contribution is -2.37. The van der Waals surface area contributed by atoms with E-state index in [2.05, 4.69) is 19.2 Å². The highest BCUT2D eigenvalue weighted by molar-refractivity contribution is 5.78. The van der Waals surface area contributed by atoms with Crippen LogP contribution in [0.4, 0.5) is 0 Å². The lowest BCUT2D eigenvalue weighted by atomic mass is 9.89. The fourth-order valence-corrected chi connectivity index (χ4v) is 2.74. The van der Waals surface area contributed by atoms with Crippen LogP contribution in [0.5, 0.6) is 0 Å². The van der Waals surface area contributed by atoms with Gasteiger partial charge in [0.2, 0.25) is 5.91 Å². The van der Waals surface area contributed by atoms with Crippen molar-refractivity contribution < 1.29 is 9.90 Å². The highest BCUT2D eigenvalue weighted by atomic mass is 16.3. The summed E-state index contributed by atoms with van der Waals surface area (Å²) < 4.78 is 0. The van der Waals surface area contributed by atoms with Gasteiger partial charge in [-0.15, -0.1) is 0 Å². The molecule has 0 aliphatic heterocycles. The summed E-state index contributed by atoms with van der Waals surface area (Å²) in [5, 5.41) is 12.0. The zero-order chi connectivity index (χ0) is 13.6. The van der Waals surface area contributed by atoms with Gasteiger partial charge in [0.25, 0.3) is 0 Å². The zero-order valence-electron chi connectivity index (χ0n) is 12.2. The van der Waals surface area contributed by atoms with E-state index < -0.39 is 0 Å². The average Bonchev–Trinajstić information content (AvgIpc) is 2.78. The second-order valence-corrected chi connectivity index (χ2v) is 6.64. The van der Waals surface area contributed by atoms with Crippen LogP contribution in [0.25, 0.3) is 0 Å². The minimum atomic E-state index is -0.0164. The quantitative estimate of drug-likeness (QED) is 0.735. The number of carbonyl (C=O) groups is 1. The van der Waals surface area contributed by atoms with Gasteiger partial charge in [0.05, 0.1) is 0 Å². The van der Waals surface area contributed by atoms with E-state index in [4.69, 9.17) is 5.11 Å². The first-order valence-corrected chi connectivity index (χ1v) is 7.33. The van der Waals surface area contributed by atoms with Gasteiger partial charge >= 0.3 is 0 Å². The molecule has 1 atom stereocenters. The van der Waals surface area contributed by atoms with E-state index >= 15 is 0 Å². The van der Waals surface area contributed by atoms with E-state index in [1.165, 1.54) is 25.7 Å². The van der Waals surface area contributed by atoms with Crippen molar-refractivity contribution in [2.75, 3.05) is 13.2 Å². The zero-order valence-corrected chi connectivity index (χ0v) is 12.2. The molecular formula is C15H29NO2. The highest BCUT2D eigenvalue weighted by Gasteiger charge is 2.23. The molecule has 0 heterocycles. The molecule has 1 unspecified atom stereocenters. The number of aliphatic hydroxyl groups excluding tert-OH is 1. The average molecular weight is 255 g/mol. The standard InChI is InChI=1S/C15H29NO2/c1-12(10-13-6-4-5-7-13)14(18)16-11-15(2,3)8-9-17/h12-13,17H,4-11H2,1-3H3,(H,16,18). The molecule has 3 heteroatoms. The van der Waals surface area contributed by atoms with E-state index in [1.807, 2.05) is 6.92 Å². The third-order valence-corrected chi connectivity index (χ3v) is 4.14. The summed E-state index contributed by atoms with van der Waals surface area (Å²) in [6.45, 7) is 7.02. The van der Waals surface area contributed by atoms with Crippen LogP contribution < -0.4 is 5.32 Å². The van der Waals surface area contributed by atoms with Gasteiger partial charge in [0.1, 0.15) is 0 Å². The summed E-state index contributed by atoms with van der Waals surface area (Å²) >= 11 is 0. The summed E-state index contributed by atoms with van der Waals surface area (Å²) in [6.07, 6.45) is 7.03. The molecule has 1 aliphatic carbocycles. The van der Waals surface area contributed by atoms with E-state index in [1.54, 1.807) is 0 Å². The van der Waals surface area contributed by atoms with Gasteiger partial charge in [-0.25, -0.2) is 0 Å². The number of carbonyl (C=O) groups excluding carboxylic acids is 1. The molecule has 1 amide bonds. The van der Waals surface area contributed by atoms with Crippen LogP contribution in [0.1, 0.15) is 59.3 Å². The predicted octanol–water partition coefficient (Wildman–Crippen LogP) is 2.73. The molecule has 0 aromatic heterocycles. The van der Waals surface area contributed by atoms with Crippen molar-refractivity contribution in [1.82, 2.24) is 5.32 Å². The minimum absolute atomic E-state index is 0.0164. The topological polar surface area (TPSA) is 49.3 Å². The van der Waals surface area contributed by atoms with Crippen molar-refractivity contribution in [2.45, 2.75) is 59.3 Å². The van der Waals surface area contributed by atoms with Gasteiger partial charge < -0.3 is 10.4 Å². The van der Waals surface area contributed by atoms with Gasteiger partial charge in [-0.1, -0.05) is 46.5 Å². The van der Waals surface area contributed by atoms with Crippen LogP contribution in [-0.4, -0.2) is 24.2 Å². The third kappa shape index (κ3) is 5.38. The largest absolute Gasteiger partial charge is 0.396 e. The molecule has 0 spiro atoms. The Morgan fingerprint density at radius 3 is 2.56 bits per heavy atom. The lowest BCUT2D eigenvalue weighted by molar-refractivity contribution is -0.125. The Morgan fingerprint density at radius 1 is 1.39 bits per heavy atom. The van der Waals surface area contributed by atoms with Crippen molar-refractivity contribution in [3.8, 4) is 0 Å². The van der Waals surface area contributed by atoms with Crippen molar-refractivity contribution in [3.05, 3.63) is 0 Å². The van der Waals surface area contributed by atoms with E-state index in [9.17, 15) is 4.79 Å². The molecule has 3 nitrogen and oxygen atoms in total. The SMILES string of the molecule is CC(CC1CCCC1)C(=O)NCC(C)(C)CCO. The molecule has 1 aliphatic rings. The summed E-state index contributed by atoms with van der Waals surface area (Å²) in [5.74, 6) is 1.06. The second kappa shape index (κ2) is 7.13. The van der Waals surface area contributed by atoms with Crippen molar-refractivity contribution >= 4 is 5.91 Å². The summed E-state index contributed by atoms with van der Waals surface area (Å²) in [5.41, 5.74) is -0.0164. The third-order valence-electron chi connectivity index (χ3n) is 4.14. The minimum Gasteiger partial charge on any atom is -0.396 e. The van der Waals surface area contributed by atoms with Crippen molar-refractivity contribution in [3.63, 3.8) is 0 Å². The molecule has 0 saturated heterocycles. The predicted molar refractivity (Wildman–Crippen MR) is 74.2 cm³/mol. The molecule has 0 bridgehead atoms. The fourth-order valence-electron chi connectivity index (χ4n) is 2.74. The molecule has 106 valence electrons. The maximum Gasteiger partial charge on any atom is 0.222 e. The Labute approximate surface area is 111 Å². The Morgan fingerprint density at radius 2 is 2.00 bits per heavy atom. The maximum atomic E-state index is 12.0. The van der Waals surface area contributed by atoms with E-state index in [0.29, 0.717) is 6.54 Å². The molecule has 1 fully saturated rings. The van der Waals surface area contributed by atoms with Gasteiger partial charge in [0, 0.05) is 19.1 Å². The number of rotatable bonds is 7. The van der Waals surface area contributed by atoms with Crippen molar-refractivity contribution in [1.29, 1.82) is 0 Å². The van der Waals surface area contributed by atoms with Crippen LogP contribution in [0.3, 0.4) is 0 Å². The summed E-state index contributed by atoms with van der Waals surface area (Å²) in [6, 6.07) is 0. The first-order chi connectivity index (χ1) is 8.44. The second-order valence-electron chi connectivity index (χ2n) is 6.64. The monoisotopic (exact) mass is 255 g/mol. The summed E-state index contributed by atoms with van der Waals surface area (Å²) in [4.78, 5) is 12.0. The fraction of sp³-hybridized carbons (Fsp3) is 0.933. The van der Waals surface area contributed by atoms with Crippen LogP contribution in [0, 0.1) is 17.3 Å². The normalized spacial score (nSPS) is 18.9. The van der Waals surface area contributed by atoms with Crippen LogP contribution in [-0.2, 0) is 4.79 Å². The Hall–Kier alpha value is -0.570. The molecular weight excluding hydrogens is 226 g/mol. The number of aliphatic hydroxyl groups is 1. The molecule has 0 aromatic rings. The molecule has 0 radical (unpaired) electrons. The number of nitrogens with one attached hydrogen (secondary N) is 1. The molecule has 18 heavy (non-hydrogen) atoms. The van der Waals surface area contributed by atoms with Crippen LogP contribution >= 0.6 is 0 Å². The lowest BCUT2D eigenvalue weighted by Gasteiger charge is -2.25. The molecule has 1 saturated carbocycles. The van der Waals surface area contributed by atoms with E-state index in [-0.39, 0.29) is 23.8 Å². The number of hydrogen-bond donors (Lipinski definition) is 2. The molecule has 0 aromatic carbocycles. The van der Waals surface area contributed by atoms with Gasteiger partial charge in [-0.2, -0.15) is 0 Å². The maximum absolute atomic E-state index is 12.0. The van der Waals surface area contributed by atoms with Gasteiger partial charge in [0.15, 0.2) is 0 Å². The molecule has 2 N–H and O–H groups in total. The Balaban J connectivity index is 2.26. The Bertz CT molecular complexity index is 257. The smallest absolute Gasteiger partial charge is 0.222 e. The first-order valence-electron chi connectivity index (χ1n) is 7.33. The Kier molecular flexibility index (Phi) is 6.13. The number of amides is 1. The van der Waals surface area contributed by atoms with Crippen LogP contribution in [0.15, 0.2) is 0 Å². The van der Waals surface area contributed by atoms with Gasteiger partial charge in [-0.3, -0.25) is 4.79 Å². The highest BCUT2D eigenvalue weighted by Crippen LogP contribution is 2.30. The van der Waals surface area contributed by atoms with Crippen molar-refractivity contribution in [2.24, 2.45) is 17.3 Å². The first kappa shape index (κ1) is 15.5. The molecule has 1 rings (SSSR count). The van der Waals surface area contributed by atoms with Gasteiger partial charge in [-0.05, 0) is 24.2 Å². The summed E-state index contributed by atoms with van der Waals surface area (Å²) in [7, 11) is 0.